The Labute approximate surface area is 86.1 Å². The maximum absolute atomic E-state index is 4.33. The number of aromatic nitrogens is 3. The van der Waals surface area contributed by atoms with Crippen molar-refractivity contribution in [3.05, 3.63) is 22.8 Å². The van der Waals surface area contributed by atoms with Gasteiger partial charge in [-0.05, 0) is 6.92 Å². The molecule has 5 heteroatoms. The molecule has 14 heavy (non-hydrogen) atoms. The van der Waals surface area contributed by atoms with Crippen LogP contribution in [0.2, 0.25) is 0 Å². The van der Waals surface area contributed by atoms with E-state index in [2.05, 4.69) is 20.3 Å². The van der Waals surface area contributed by atoms with Crippen molar-refractivity contribution in [2.75, 3.05) is 12.4 Å². The van der Waals surface area contributed by atoms with E-state index in [9.17, 15) is 0 Å². The van der Waals surface area contributed by atoms with Crippen LogP contribution in [0.1, 0.15) is 5.01 Å². The molecule has 0 radical (unpaired) electrons. The molecule has 0 bridgehead atoms. The van der Waals surface area contributed by atoms with Crippen LogP contribution in [0.4, 0.5) is 5.82 Å². The average Bonchev–Trinajstić information content (AvgIpc) is 2.65. The van der Waals surface area contributed by atoms with Crippen molar-refractivity contribution in [1.29, 1.82) is 0 Å². The molecule has 4 nitrogen and oxygen atoms in total. The quantitative estimate of drug-likeness (QED) is 0.816. The molecule has 0 amide bonds. The first kappa shape index (κ1) is 9.08. The van der Waals surface area contributed by atoms with Crippen molar-refractivity contribution in [2.24, 2.45) is 0 Å². The summed E-state index contributed by atoms with van der Waals surface area (Å²) in [6, 6.07) is 0. The third-order valence-electron chi connectivity index (χ3n) is 1.79. The number of anilines is 1. The Kier molecular flexibility index (Phi) is 2.41. The fourth-order valence-electron chi connectivity index (χ4n) is 1.07. The number of hydrogen-bond acceptors (Lipinski definition) is 5. The molecule has 0 aromatic carbocycles. The molecule has 0 aliphatic rings. The van der Waals surface area contributed by atoms with Crippen LogP contribution in [0.5, 0.6) is 0 Å². The standard InChI is InChI=1S/C9H10N4S/c1-6-13-8(5-14-6)7-3-12-9(10-2)4-11-7/h3-5H,1-2H3,(H,10,12). The normalized spacial score (nSPS) is 10.1. The molecule has 2 aromatic rings. The summed E-state index contributed by atoms with van der Waals surface area (Å²) in [6.45, 7) is 1.98. The summed E-state index contributed by atoms with van der Waals surface area (Å²) >= 11 is 1.61. The molecule has 1 N–H and O–H groups in total. The van der Waals surface area contributed by atoms with E-state index in [-0.39, 0.29) is 0 Å². The maximum atomic E-state index is 4.33. The van der Waals surface area contributed by atoms with E-state index in [0.717, 1.165) is 22.2 Å². The molecule has 0 saturated heterocycles. The summed E-state index contributed by atoms with van der Waals surface area (Å²) < 4.78 is 0. The van der Waals surface area contributed by atoms with Crippen LogP contribution in [0, 0.1) is 6.92 Å². The van der Waals surface area contributed by atoms with Gasteiger partial charge in [0, 0.05) is 12.4 Å². The van der Waals surface area contributed by atoms with Gasteiger partial charge in [-0.15, -0.1) is 11.3 Å². The van der Waals surface area contributed by atoms with E-state index in [1.54, 1.807) is 23.7 Å². The summed E-state index contributed by atoms with van der Waals surface area (Å²) in [5.74, 6) is 0.765. The van der Waals surface area contributed by atoms with Crippen molar-refractivity contribution in [3.63, 3.8) is 0 Å². The summed E-state index contributed by atoms with van der Waals surface area (Å²) in [5, 5.41) is 5.95. The summed E-state index contributed by atoms with van der Waals surface area (Å²) in [4.78, 5) is 12.8. The highest BCUT2D eigenvalue weighted by Crippen LogP contribution is 2.18. The maximum Gasteiger partial charge on any atom is 0.144 e. The van der Waals surface area contributed by atoms with Crippen molar-refractivity contribution < 1.29 is 0 Å². The van der Waals surface area contributed by atoms with Crippen LogP contribution >= 0.6 is 11.3 Å². The van der Waals surface area contributed by atoms with Gasteiger partial charge in [0.05, 0.1) is 17.4 Å². The first-order chi connectivity index (χ1) is 6.79. The predicted molar refractivity (Wildman–Crippen MR) is 57.4 cm³/mol. The lowest BCUT2D eigenvalue weighted by Gasteiger charge is -1.98. The first-order valence-electron chi connectivity index (χ1n) is 4.22. The number of hydrogen-bond donors (Lipinski definition) is 1. The van der Waals surface area contributed by atoms with Gasteiger partial charge in [0.1, 0.15) is 17.2 Å². The van der Waals surface area contributed by atoms with E-state index in [1.807, 2.05) is 19.4 Å². The molecule has 2 aromatic heterocycles. The fraction of sp³-hybridized carbons (Fsp3) is 0.222. The first-order valence-corrected chi connectivity index (χ1v) is 5.10. The number of aryl methyl sites for hydroxylation is 1. The molecule has 0 aliphatic carbocycles. The molecule has 2 heterocycles. The molecular formula is C9H10N4S. The second kappa shape index (κ2) is 3.71. The van der Waals surface area contributed by atoms with Gasteiger partial charge in [-0.3, -0.25) is 0 Å². The SMILES string of the molecule is CNc1cnc(-c2csc(C)n2)cn1. The minimum absolute atomic E-state index is 0.765. The fourth-order valence-corrected chi connectivity index (χ4v) is 1.68. The zero-order valence-electron chi connectivity index (χ0n) is 7.98. The topological polar surface area (TPSA) is 50.7 Å². The lowest BCUT2D eigenvalue weighted by atomic mass is 10.3. The van der Waals surface area contributed by atoms with E-state index < -0.39 is 0 Å². The minimum Gasteiger partial charge on any atom is -0.372 e. The Balaban J connectivity index is 2.33. The highest BCUT2D eigenvalue weighted by atomic mass is 32.1. The van der Waals surface area contributed by atoms with Crippen molar-refractivity contribution in [1.82, 2.24) is 15.0 Å². The van der Waals surface area contributed by atoms with Crippen molar-refractivity contribution in [2.45, 2.75) is 6.92 Å². The monoisotopic (exact) mass is 206 g/mol. The second-order valence-electron chi connectivity index (χ2n) is 2.79. The zero-order chi connectivity index (χ0) is 9.97. The Morgan fingerprint density at radius 2 is 2.07 bits per heavy atom. The van der Waals surface area contributed by atoms with Gasteiger partial charge in [0.2, 0.25) is 0 Å². The number of rotatable bonds is 2. The lowest BCUT2D eigenvalue weighted by molar-refractivity contribution is 1.17. The van der Waals surface area contributed by atoms with Crippen LogP contribution in [0.25, 0.3) is 11.4 Å². The summed E-state index contributed by atoms with van der Waals surface area (Å²) in [5.41, 5.74) is 1.70. The van der Waals surface area contributed by atoms with E-state index in [0.29, 0.717) is 0 Å². The van der Waals surface area contributed by atoms with E-state index in [1.165, 1.54) is 0 Å². The summed E-state index contributed by atoms with van der Waals surface area (Å²) in [6.07, 6.45) is 3.42. The van der Waals surface area contributed by atoms with Gasteiger partial charge >= 0.3 is 0 Å². The van der Waals surface area contributed by atoms with Crippen LogP contribution in [-0.4, -0.2) is 22.0 Å². The average molecular weight is 206 g/mol. The van der Waals surface area contributed by atoms with Gasteiger partial charge in [0.25, 0.3) is 0 Å². The van der Waals surface area contributed by atoms with Gasteiger partial charge < -0.3 is 5.32 Å². The van der Waals surface area contributed by atoms with Gasteiger partial charge in [-0.2, -0.15) is 0 Å². The third kappa shape index (κ3) is 1.72. The Morgan fingerprint density at radius 3 is 2.57 bits per heavy atom. The highest BCUT2D eigenvalue weighted by molar-refractivity contribution is 7.09. The van der Waals surface area contributed by atoms with Crippen LogP contribution in [0.3, 0.4) is 0 Å². The second-order valence-corrected chi connectivity index (χ2v) is 3.85. The third-order valence-corrected chi connectivity index (χ3v) is 2.56. The van der Waals surface area contributed by atoms with Gasteiger partial charge in [-0.25, -0.2) is 15.0 Å². The largest absolute Gasteiger partial charge is 0.372 e. The summed E-state index contributed by atoms with van der Waals surface area (Å²) in [7, 11) is 1.82. The molecule has 0 aliphatic heterocycles. The molecular weight excluding hydrogens is 196 g/mol. The number of nitrogens with one attached hydrogen (secondary N) is 1. The Morgan fingerprint density at radius 1 is 1.21 bits per heavy atom. The van der Waals surface area contributed by atoms with Crippen LogP contribution < -0.4 is 5.32 Å². The molecule has 72 valence electrons. The Hall–Kier alpha value is -1.49. The number of thiazole rings is 1. The zero-order valence-corrected chi connectivity index (χ0v) is 8.80. The minimum atomic E-state index is 0.765. The van der Waals surface area contributed by atoms with Gasteiger partial charge in [-0.1, -0.05) is 0 Å². The lowest BCUT2D eigenvalue weighted by Crippen LogP contribution is -1.94. The Bertz CT molecular complexity index is 421. The van der Waals surface area contributed by atoms with Crippen LogP contribution in [0.15, 0.2) is 17.8 Å². The molecule has 0 fully saturated rings. The molecule has 0 spiro atoms. The smallest absolute Gasteiger partial charge is 0.144 e. The molecule has 0 saturated carbocycles. The molecule has 2 rings (SSSR count). The predicted octanol–water partition coefficient (Wildman–Crippen LogP) is 1.95. The highest BCUT2D eigenvalue weighted by Gasteiger charge is 2.03. The molecule has 0 atom stereocenters. The number of nitrogens with zero attached hydrogens (tertiary/aromatic N) is 3. The van der Waals surface area contributed by atoms with Crippen molar-refractivity contribution >= 4 is 17.2 Å². The molecule has 0 unspecified atom stereocenters. The van der Waals surface area contributed by atoms with E-state index in [4.69, 9.17) is 0 Å². The van der Waals surface area contributed by atoms with Crippen LogP contribution in [-0.2, 0) is 0 Å². The van der Waals surface area contributed by atoms with E-state index >= 15 is 0 Å². The van der Waals surface area contributed by atoms with Crippen molar-refractivity contribution in [3.8, 4) is 11.4 Å². The van der Waals surface area contributed by atoms with Gasteiger partial charge in [0.15, 0.2) is 0 Å².